The summed E-state index contributed by atoms with van der Waals surface area (Å²) in [6.45, 7) is 6.69. The number of methoxy groups -OCH3 is 1. The molecule has 0 aliphatic heterocycles. The number of nitrogens with one attached hydrogen (secondary N) is 3. The molecule has 0 aliphatic rings. The molecule has 0 saturated carbocycles. The van der Waals surface area contributed by atoms with Crippen LogP contribution in [-0.4, -0.2) is 30.8 Å². The van der Waals surface area contributed by atoms with Crippen LogP contribution in [0.3, 0.4) is 0 Å². The molecule has 1 aromatic carbocycles. The maximum absolute atomic E-state index is 12.0. The number of amides is 1. The van der Waals surface area contributed by atoms with Gasteiger partial charge >= 0.3 is 0 Å². The summed E-state index contributed by atoms with van der Waals surface area (Å²) in [6, 6.07) is 7.58. The van der Waals surface area contributed by atoms with Gasteiger partial charge in [-0.2, -0.15) is 0 Å². The molecule has 0 bridgehead atoms. The van der Waals surface area contributed by atoms with Crippen LogP contribution in [0.2, 0.25) is 0 Å². The van der Waals surface area contributed by atoms with Crippen molar-refractivity contribution < 1.29 is 9.53 Å². The average Bonchev–Trinajstić information content (AvgIpc) is 2.45. The topological polar surface area (TPSA) is 62.4 Å². The van der Waals surface area contributed by atoms with E-state index in [0.717, 1.165) is 0 Å². The normalized spacial score (nSPS) is 11.9. The number of thiocarbonyl (C=S) groups is 1. The predicted octanol–water partition coefficient (Wildman–Crippen LogP) is 1.95. The second-order valence-electron chi connectivity index (χ2n) is 5.19. The summed E-state index contributed by atoms with van der Waals surface area (Å²) < 4.78 is 4.99. The Balaban J connectivity index is 2.44. The third-order valence-electron chi connectivity index (χ3n) is 2.92. The molecule has 1 atom stereocenters. The number of hydrogen-bond donors (Lipinski definition) is 3. The van der Waals surface area contributed by atoms with Crippen LogP contribution in [0.5, 0.6) is 0 Å². The Kier molecular flexibility index (Phi) is 7.11. The zero-order chi connectivity index (χ0) is 15.8. The van der Waals surface area contributed by atoms with Crippen molar-refractivity contribution in [2.75, 3.05) is 13.7 Å². The van der Waals surface area contributed by atoms with Crippen LogP contribution >= 0.6 is 12.2 Å². The summed E-state index contributed by atoms with van der Waals surface area (Å²) in [7, 11) is 1.62. The van der Waals surface area contributed by atoms with E-state index in [2.05, 4.69) is 30.0 Å². The first-order valence-electron chi connectivity index (χ1n) is 6.89. The molecular formula is C15H23N3O2S. The number of rotatable bonds is 5. The molecular weight excluding hydrogens is 286 g/mol. The number of carbonyl (C=O) groups is 1. The molecule has 1 rings (SSSR count). The monoisotopic (exact) mass is 309 g/mol. The van der Waals surface area contributed by atoms with Crippen LogP contribution in [0.25, 0.3) is 0 Å². The van der Waals surface area contributed by atoms with E-state index >= 15 is 0 Å². The van der Waals surface area contributed by atoms with Crippen molar-refractivity contribution in [1.29, 1.82) is 0 Å². The van der Waals surface area contributed by atoms with Gasteiger partial charge in [-0.15, -0.1) is 0 Å². The lowest BCUT2D eigenvalue weighted by Crippen LogP contribution is -2.49. The van der Waals surface area contributed by atoms with Gasteiger partial charge in [0.05, 0.1) is 6.61 Å². The van der Waals surface area contributed by atoms with Gasteiger partial charge in [-0.3, -0.25) is 15.6 Å². The molecule has 0 fully saturated rings. The Labute approximate surface area is 131 Å². The maximum atomic E-state index is 12.0. The lowest BCUT2D eigenvalue weighted by Gasteiger charge is -2.16. The quantitative estimate of drug-likeness (QED) is 0.573. The largest absolute Gasteiger partial charge is 0.383 e. The van der Waals surface area contributed by atoms with E-state index in [-0.39, 0.29) is 11.9 Å². The van der Waals surface area contributed by atoms with Crippen LogP contribution in [0.1, 0.15) is 42.6 Å². The molecule has 0 spiro atoms. The number of ether oxygens (including phenoxy) is 1. The smallest absolute Gasteiger partial charge is 0.269 e. The highest BCUT2D eigenvalue weighted by atomic mass is 32.1. The summed E-state index contributed by atoms with van der Waals surface area (Å²) in [4.78, 5) is 12.0. The lowest BCUT2D eigenvalue weighted by molar-refractivity contribution is 0.0943. The van der Waals surface area contributed by atoms with Gasteiger partial charge in [0.1, 0.15) is 0 Å². The Morgan fingerprint density at radius 1 is 1.19 bits per heavy atom. The Morgan fingerprint density at radius 2 is 1.81 bits per heavy atom. The minimum atomic E-state index is -0.228. The first-order valence-corrected chi connectivity index (χ1v) is 7.30. The molecule has 0 saturated heterocycles. The first-order chi connectivity index (χ1) is 9.93. The highest BCUT2D eigenvalue weighted by molar-refractivity contribution is 7.80. The molecule has 21 heavy (non-hydrogen) atoms. The third kappa shape index (κ3) is 6.10. The lowest BCUT2D eigenvalue weighted by atomic mass is 10.0. The molecule has 5 nitrogen and oxygen atoms in total. The summed E-state index contributed by atoms with van der Waals surface area (Å²) in [6.07, 6.45) is 0. The molecule has 116 valence electrons. The van der Waals surface area contributed by atoms with Gasteiger partial charge < -0.3 is 10.1 Å². The van der Waals surface area contributed by atoms with E-state index in [1.807, 2.05) is 19.1 Å². The second-order valence-corrected chi connectivity index (χ2v) is 5.59. The van der Waals surface area contributed by atoms with E-state index < -0.39 is 0 Å². The van der Waals surface area contributed by atoms with Gasteiger partial charge in [0.25, 0.3) is 5.91 Å². The zero-order valence-corrected chi connectivity index (χ0v) is 13.7. The average molecular weight is 309 g/mol. The van der Waals surface area contributed by atoms with Crippen molar-refractivity contribution in [2.45, 2.75) is 32.7 Å². The summed E-state index contributed by atoms with van der Waals surface area (Å²) in [5.41, 5.74) is 7.02. The SMILES string of the molecule is COC[C@@H](C)NC(=S)NNC(=O)c1ccc(C(C)C)cc1. The molecule has 0 radical (unpaired) electrons. The fourth-order valence-corrected chi connectivity index (χ4v) is 2.01. The fraction of sp³-hybridized carbons (Fsp3) is 0.467. The van der Waals surface area contributed by atoms with Crippen molar-refractivity contribution >= 4 is 23.2 Å². The van der Waals surface area contributed by atoms with E-state index in [4.69, 9.17) is 17.0 Å². The summed E-state index contributed by atoms with van der Waals surface area (Å²) in [5.74, 6) is 0.216. The molecule has 6 heteroatoms. The van der Waals surface area contributed by atoms with Crippen LogP contribution in [-0.2, 0) is 4.74 Å². The summed E-state index contributed by atoms with van der Waals surface area (Å²) >= 11 is 5.08. The van der Waals surface area contributed by atoms with Crippen molar-refractivity contribution in [2.24, 2.45) is 0 Å². The molecule has 1 aromatic rings. The molecule has 0 aliphatic carbocycles. The van der Waals surface area contributed by atoms with Crippen LogP contribution in [0.15, 0.2) is 24.3 Å². The first kappa shape index (κ1) is 17.4. The van der Waals surface area contributed by atoms with E-state index in [1.54, 1.807) is 19.2 Å². The molecule has 0 heterocycles. The molecule has 1 amide bonds. The number of benzene rings is 1. The van der Waals surface area contributed by atoms with Gasteiger partial charge in [0.15, 0.2) is 5.11 Å². The summed E-state index contributed by atoms with van der Waals surface area (Å²) in [5, 5.41) is 3.35. The number of carbonyl (C=O) groups excluding carboxylic acids is 1. The van der Waals surface area contributed by atoms with Gasteiger partial charge in [-0.05, 0) is 42.8 Å². The third-order valence-corrected chi connectivity index (χ3v) is 3.14. The van der Waals surface area contributed by atoms with E-state index in [1.165, 1.54) is 5.56 Å². The molecule has 0 aromatic heterocycles. The van der Waals surface area contributed by atoms with E-state index in [9.17, 15) is 4.79 Å². The van der Waals surface area contributed by atoms with Crippen molar-refractivity contribution in [3.63, 3.8) is 0 Å². The van der Waals surface area contributed by atoms with Crippen LogP contribution < -0.4 is 16.2 Å². The minimum Gasteiger partial charge on any atom is -0.383 e. The Morgan fingerprint density at radius 3 is 2.33 bits per heavy atom. The standard InChI is InChI=1S/C15H23N3O2S/c1-10(2)12-5-7-13(8-6-12)14(19)17-18-15(21)16-11(3)9-20-4/h5-8,10-11H,9H2,1-4H3,(H,17,19)(H2,16,18,21)/t11-/m1/s1. The fourth-order valence-electron chi connectivity index (χ4n) is 1.76. The van der Waals surface area contributed by atoms with Crippen molar-refractivity contribution in [3.8, 4) is 0 Å². The van der Waals surface area contributed by atoms with Gasteiger partial charge in [-0.1, -0.05) is 26.0 Å². The number of hydrogen-bond acceptors (Lipinski definition) is 3. The molecule has 3 N–H and O–H groups in total. The minimum absolute atomic E-state index is 0.0669. The molecule has 0 unspecified atom stereocenters. The van der Waals surface area contributed by atoms with E-state index in [0.29, 0.717) is 23.2 Å². The van der Waals surface area contributed by atoms with Gasteiger partial charge in [0, 0.05) is 18.7 Å². The number of hydrazine groups is 1. The van der Waals surface area contributed by atoms with Crippen LogP contribution in [0.4, 0.5) is 0 Å². The van der Waals surface area contributed by atoms with Gasteiger partial charge in [0.2, 0.25) is 0 Å². The zero-order valence-electron chi connectivity index (χ0n) is 12.9. The maximum Gasteiger partial charge on any atom is 0.269 e. The highest BCUT2D eigenvalue weighted by Gasteiger charge is 2.08. The van der Waals surface area contributed by atoms with Crippen molar-refractivity contribution in [1.82, 2.24) is 16.2 Å². The Bertz CT molecular complexity index is 474. The van der Waals surface area contributed by atoms with Gasteiger partial charge in [-0.25, -0.2) is 0 Å². The second kappa shape index (κ2) is 8.59. The highest BCUT2D eigenvalue weighted by Crippen LogP contribution is 2.14. The van der Waals surface area contributed by atoms with Crippen LogP contribution in [0, 0.1) is 0 Å². The Hall–Kier alpha value is -1.66. The van der Waals surface area contributed by atoms with Crippen molar-refractivity contribution in [3.05, 3.63) is 35.4 Å². The predicted molar refractivity (Wildman–Crippen MR) is 88.2 cm³/mol.